The maximum absolute atomic E-state index is 12.9. The van der Waals surface area contributed by atoms with E-state index in [1.807, 2.05) is 0 Å². The van der Waals surface area contributed by atoms with Gasteiger partial charge in [0.25, 0.3) is 0 Å². The van der Waals surface area contributed by atoms with Crippen LogP contribution in [0.3, 0.4) is 0 Å². The molecule has 1 fully saturated rings. The molecule has 5 atom stereocenters. The second kappa shape index (κ2) is 11.0. The van der Waals surface area contributed by atoms with Crippen molar-refractivity contribution in [2.75, 3.05) is 6.61 Å². The Morgan fingerprint density at radius 1 is 0.583 bits per heavy atom. The fraction of sp³-hybridized carbons (Fsp3) is 0.846. The van der Waals surface area contributed by atoms with Crippen molar-refractivity contribution in [3.63, 3.8) is 0 Å². The van der Waals surface area contributed by atoms with E-state index in [-0.39, 0.29) is 0 Å². The molecule has 1 saturated heterocycles. The molecule has 10 nitrogen and oxygen atoms in total. The molecule has 1 N–H and O–H groups in total. The Balaban J connectivity index is 3.50. The number of aliphatic hydroxyl groups excluding tert-OH is 1. The van der Waals surface area contributed by atoms with E-state index in [0.29, 0.717) is 0 Å². The van der Waals surface area contributed by atoms with Crippen molar-refractivity contribution < 1.29 is 48.0 Å². The zero-order valence-electron chi connectivity index (χ0n) is 23.7. The lowest BCUT2D eigenvalue weighted by Gasteiger charge is -2.44. The normalized spacial score (nSPS) is 25.5. The fourth-order valence-electron chi connectivity index (χ4n) is 2.71. The third kappa shape index (κ3) is 8.73. The summed E-state index contributed by atoms with van der Waals surface area (Å²) in [6.45, 7) is 19.2. The fourth-order valence-corrected chi connectivity index (χ4v) is 2.71. The van der Waals surface area contributed by atoms with E-state index in [9.17, 15) is 24.3 Å². The molecule has 0 bridgehead atoms. The minimum Gasteiger partial charge on any atom is -0.462 e. The first-order chi connectivity index (χ1) is 16.0. The zero-order valence-corrected chi connectivity index (χ0v) is 23.7. The highest BCUT2D eigenvalue weighted by Crippen LogP contribution is 2.33. The summed E-state index contributed by atoms with van der Waals surface area (Å²) in [5.74, 6) is -2.57. The molecule has 0 saturated carbocycles. The highest BCUT2D eigenvalue weighted by Gasteiger charge is 2.54. The van der Waals surface area contributed by atoms with Crippen molar-refractivity contribution in [3.05, 3.63) is 0 Å². The van der Waals surface area contributed by atoms with Crippen molar-refractivity contribution in [3.8, 4) is 0 Å². The summed E-state index contributed by atoms with van der Waals surface area (Å²) < 4.78 is 28.0. The minimum absolute atomic E-state index is 0.404. The monoisotopic (exact) mass is 516 g/mol. The second-order valence-electron chi connectivity index (χ2n) is 13.3. The highest BCUT2D eigenvalue weighted by molar-refractivity contribution is 5.78. The van der Waals surface area contributed by atoms with Crippen LogP contribution in [0.25, 0.3) is 0 Å². The standard InChI is InChI=1S/C26H44O10/c1-23(2,3)19(28)32-13-14-15(34-20(29)24(4,5)6)16(35-21(30)25(7,8)9)17(18(27)33-14)36-22(31)26(10,11)12/h14-18,27H,13H2,1-12H3/t14-,15-,16+,17-,18-/m1/s1. The van der Waals surface area contributed by atoms with E-state index < -0.39 is 82.8 Å². The van der Waals surface area contributed by atoms with Gasteiger partial charge in [0.2, 0.25) is 0 Å². The van der Waals surface area contributed by atoms with E-state index in [1.165, 1.54) is 0 Å². The average Bonchev–Trinajstić information content (AvgIpc) is 2.67. The summed E-state index contributed by atoms with van der Waals surface area (Å²) in [6, 6.07) is 0. The first-order valence-corrected chi connectivity index (χ1v) is 12.1. The predicted molar refractivity (Wildman–Crippen MR) is 129 cm³/mol. The van der Waals surface area contributed by atoms with Crippen LogP contribution in [0.5, 0.6) is 0 Å². The Morgan fingerprint density at radius 2 is 0.917 bits per heavy atom. The van der Waals surface area contributed by atoms with Crippen molar-refractivity contribution >= 4 is 23.9 Å². The van der Waals surface area contributed by atoms with E-state index in [2.05, 4.69) is 0 Å². The van der Waals surface area contributed by atoms with Crippen LogP contribution in [-0.4, -0.2) is 66.3 Å². The van der Waals surface area contributed by atoms with E-state index in [1.54, 1.807) is 83.1 Å². The van der Waals surface area contributed by atoms with Crippen LogP contribution in [0.4, 0.5) is 0 Å². The third-order valence-corrected chi connectivity index (χ3v) is 5.17. The average molecular weight is 517 g/mol. The van der Waals surface area contributed by atoms with Gasteiger partial charge in [-0.1, -0.05) is 0 Å². The lowest BCUT2D eigenvalue weighted by Crippen LogP contribution is -2.63. The summed E-state index contributed by atoms with van der Waals surface area (Å²) in [5.41, 5.74) is -3.68. The number of esters is 4. The minimum atomic E-state index is -1.75. The van der Waals surface area contributed by atoms with E-state index >= 15 is 0 Å². The zero-order chi connectivity index (χ0) is 28.4. The molecule has 0 aromatic carbocycles. The molecule has 0 unspecified atom stereocenters. The molecule has 10 heteroatoms. The first kappa shape index (κ1) is 31.8. The summed E-state index contributed by atoms with van der Waals surface area (Å²) in [7, 11) is 0. The predicted octanol–water partition coefficient (Wildman–Crippen LogP) is 3.17. The molecule has 208 valence electrons. The largest absolute Gasteiger partial charge is 0.462 e. The smallest absolute Gasteiger partial charge is 0.311 e. The van der Waals surface area contributed by atoms with Crippen molar-refractivity contribution in [2.45, 2.75) is 114 Å². The Bertz CT molecular complexity index is 820. The van der Waals surface area contributed by atoms with Gasteiger partial charge in [0, 0.05) is 0 Å². The summed E-state index contributed by atoms with van der Waals surface area (Å²) in [4.78, 5) is 50.8. The Kier molecular flexibility index (Phi) is 9.77. The topological polar surface area (TPSA) is 135 Å². The van der Waals surface area contributed by atoms with Crippen molar-refractivity contribution in [1.29, 1.82) is 0 Å². The van der Waals surface area contributed by atoms with Gasteiger partial charge < -0.3 is 28.8 Å². The Hall–Kier alpha value is -2.20. The molecular formula is C26H44O10. The number of aliphatic hydroxyl groups is 1. The van der Waals surface area contributed by atoms with Gasteiger partial charge in [-0.05, 0) is 83.1 Å². The van der Waals surface area contributed by atoms with Crippen LogP contribution in [0.15, 0.2) is 0 Å². The lowest BCUT2D eigenvalue weighted by molar-refractivity contribution is -0.300. The lowest BCUT2D eigenvalue weighted by atomic mass is 9.93. The number of rotatable bonds is 5. The molecule has 1 aliphatic rings. The number of hydrogen-bond acceptors (Lipinski definition) is 10. The van der Waals surface area contributed by atoms with Gasteiger partial charge in [0.1, 0.15) is 12.7 Å². The number of carbonyl (C=O) groups excluding carboxylic acids is 4. The molecule has 36 heavy (non-hydrogen) atoms. The van der Waals surface area contributed by atoms with Gasteiger partial charge in [0.15, 0.2) is 24.6 Å². The van der Waals surface area contributed by atoms with Crippen LogP contribution < -0.4 is 0 Å². The van der Waals surface area contributed by atoms with Crippen LogP contribution in [0.2, 0.25) is 0 Å². The summed E-state index contributed by atoms with van der Waals surface area (Å²) in [6.07, 6.45) is -7.25. The van der Waals surface area contributed by atoms with Gasteiger partial charge in [0.05, 0.1) is 21.7 Å². The Labute approximate surface area is 214 Å². The SMILES string of the molecule is CC(C)(C)C(=O)OC[C@H]1O[C@@H](O)[C@H](OC(=O)C(C)(C)C)[C@@H](OC(=O)C(C)(C)C)[C@@H]1OC(=O)C(C)(C)C. The van der Waals surface area contributed by atoms with Gasteiger partial charge in [-0.15, -0.1) is 0 Å². The number of carbonyl (C=O) groups is 4. The molecule has 1 heterocycles. The molecule has 0 amide bonds. The van der Waals surface area contributed by atoms with Crippen LogP contribution >= 0.6 is 0 Å². The quantitative estimate of drug-likeness (QED) is 0.429. The van der Waals surface area contributed by atoms with Crippen LogP contribution in [-0.2, 0) is 42.9 Å². The number of hydrogen-bond donors (Lipinski definition) is 1. The molecule has 0 aromatic rings. The van der Waals surface area contributed by atoms with Crippen molar-refractivity contribution in [2.24, 2.45) is 21.7 Å². The molecular weight excluding hydrogens is 472 g/mol. The van der Waals surface area contributed by atoms with E-state index in [4.69, 9.17) is 23.7 Å². The van der Waals surface area contributed by atoms with Gasteiger partial charge in [-0.2, -0.15) is 0 Å². The maximum Gasteiger partial charge on any atom is 0.311 e. The van der Waals surface area contributed by atoms with Crippen LogP contribution in [0.1, 0.15) is 83.1 Å². The van der Waals surface area contributed by atoms with Crippen molar-refractivity contribution in [1.82, 2.24) is 0 Å². The van der Waals surface area contributed by atoms with Crippen LogP contribution in [0, 0.1) is 21.7 Å². The highest BCUT2D eigenvalue weighted by atomic mass is 16.7. The first-order valence-electron chi connectivity index (χ1n) is 12.1. The molecule has 0 aromatic heterocycles. The molecule has 0 radical (unpaired) electrons. The molecule has 1 rings (SSSR count). The Morgan fingerprint density at radius 3 is 1.28 bits per heavy atom. The van der Waals surface area contributed by atoms with E-state index in [0.717, 1.165) is 0 Å². The maximum atomic E-state index is 12.9. The third-order valence-electron chi connectivity index (χ3n) is 5.17. The van der Waals surface area contributed by atoms with Gasteiger partial charge in [-0.25, -0.2) is 0 Å². The number of ether oxygens (including phenoxy) is 5. The molecule has 0 spiro atoms. The summed E-state index contributed by atoms with van der Waals surface area (Å²) in [5, 5.41) is 10.8. The second-order valence-corrected chi connectivity index (χ2v) is 13.3. The van der Waals surface area contributed by atoms with Gasteiger partial charge >= 0.3 is 23.9 Å². The van der Waals surface area contributed by atoms with Gasteiger partial charge in [-0.3, -0.25) is 19.2 Å². The molecule has 1 aliphatic heterocycles. The summed E-state index contributed by atoms with van der Waals surface area (Å²) >= 11 is 0. The molecule has 0 aliphatic carbocycles.